The number of nitrogens with zero attached hydrogens (tertiary/aromatic N) is 3. The molecule has 0 unspecified atom stereocenters. The Labute approximate surface area is 333 Å². The predicted octanol–water partition coefficient (Wildman–Crippen LogP) is 9.78. The average molecular weight is 856 g/mol. The van der Waals surface area contributed by atoms with E-state index in [2.05, 4.69) is 15.6 Å². The minimum absolute atomic E-state index is 0.00194. The molecule has 1 heterocycles. The van der Waals surface area contributed by atoms with Crippen LogP contribution in [-0.2, 0) is 4.79 Å². The Morgan fingerprint density at radius 1 is 0.786 bits per heavy atom. The molecule has 0 amide bonds. The molecule has 4 aromatic rings. The molecule has 4 rings (SSSR count). The molecule has 0 aliphatic rings. The maximum atomic E-state index is 14.1. The van der Waals surface area contributed by atoms with E-state index in [9.17, 15) is 35.9 Å². The van der Waals surface area contributed by atoms with Gasteiger partial charge in [0.15, 0.2) is 5.82 Å². The molecule has 1 aromatic heterocycles. The van der Waals surface area contributed by atoms with Gasteiger partial charge in [-0.25, -0.2) is 13.2 Å². The molecule has 0 aliphatic heterocycles. The van der Waals surface area contributed by atoms with Gasteiger partial charge in [0.05, 0.1) is 57.2 Å². The van der Waals surface area contributed by atoms with E-state index in [1.807, 2.05) is 33.1 Å². The Morgan fingerprint density at radius 2 is 1.21 bits per heavy atom. The summed E-state index contributed by atoms with van der Waals surface area (Å²) < 4.78 is 93.7. The van der Waals surface area contributed by atoms with Crippen molar-refractivity contribution in [2.75, 3.05) is 10.9 Å². The van der Waals surface area contributed by atoms with E-state index < -0.39 is 29.4 Å². The molecule has 0 atom stereocenters. The molecule has 0 saturated heterocycles. The number of ketones is 1. The smallest absolute Gasteiger partial charge is 0.455 e. The lowest BCUT2D eigenvalue weighted by Crippen LogP contribution is -2.25. The van der Waals surface area contributed by atoms with Crippen molar-refractivity contribution in [3.63, 3.8) is 0 Å². The first-order valence-corrected chi connectivity index (χ1v) is 17.5. The number of benzene rings is 3. The summed E-state index contributed by atoms with van der Waals surface area (Å²) in [5, 5.41) is 7.41. The molecule has 306 valence electrons. The van der Waals surface area contributed by atoms with Crippen LogP contribution in [0.3, 0.4) is 0 Å². The van der Waals surface area contributed by atoms with Gasteiger partial charge in [-0.15, -0.1) is 0 Å². The van der Waals surface area contributed by atoms with Gasteiger partial charge in [0, 0.05) is 23.8 Å². The van der Waals surface area contributed by atoms with Crippen molar-refractivity contribution in [2.45, 2.75) is 79.9 Å². The number of aromatic nitrogens is 2. The molecule has 0 spiro atoms. The van der Waals surface area contributed by atoms with Crippen LogP contribution in [0.4, 0.5) is 37.7 Å². The van der Waals surface area contributed by atoms with Gasteiger partial charge in [-0.1, -0.05) is 34.8 Å². The van der Waals surface area contributed by atoms with Crippen LogP contribution in [0.5, 0.6) is 17.2 Å². The lowest BCUT2D eigenvalue weighted by molar-refractivity contribution is -0.162. The van der Waals surface area contributed by atoms with E-state index in [0.717, 1.165) is 34.5 Å². The summed E-state index contributed by atoms with van der Waals surface area (Å²) in [5.41, 5.74) is 5.02. The molecule has 20 heteroatoms. The maximum absolute atomic E-state index is 14.1. The zero-order valence-electron chi connectivity index (χ0n) is 31.2. The summed E-state index contributed by atoms with van der Waals surface area (Å²) in [6.07, 6.45) is -3.88. The van der Waals surface area contributed by atoms with Gasteiger partial charge in [-0.2, -0.15) is 28.1 Å². The number of hydrogen-bond acceptors (Lipinski definition) is 10. The molecular formula is C36H39Cl3F6N6O5. The Hall–Kier alpha value is -4.71. The monoisotopic (exact) mass is 854 g/mol. The van der Waals surface area contributed by atoms with Crippen LogP contribution < -0.4 is 36.5 Å². The first kappa shape index (κ1) is 47.4. The van der Waals surface area contributed by atoms with Crippen molar-refractivity contribution in [3.05, 3.63) is 96.6 Å². The van der Waals surface area contributed by atoms with Gasteiger partial charge in [-0.3, -0.25) is 20.9 Å². The van der Waals surface area contributed by atoms with Crippen LogP contribution in [0.15, 0.2) is 52.5 Å². The van der Waals surface area contributed by atoms with Gasteiger partial charge < -0.3 is 19.6 Å². The number of alkyl halides is 3. The van der Waals surface area contributed by atoms with E-state index in [0.29, 0.717) is 17.1 Å². The topological polar surface area (TPSA) is 142 Å². The number of carbonyl (C=O) groups excluding carboxylic acids is 1. The number of Topliss-reactive ketones (excluding diaryl/α,β-unsaturated/α-hetero) is 1. The summed E-state index contributed by atoms with van der Waals surface area (Å²) in [6, 6.07) is 7.15. The molecule has 4 N–H and O–H groups in total. The Kier molecular flexibility index (Phi) is 17.8. The van der Waals surface area contributed by atoms with E-state index in [1.54, 1.807) is 27.7 Å². The number of hydrazone groups is 1. The minimum Gasteiger partial charge on any atom is -0.489 e. The number of ether oxygens (including phenoxy) is 3. The summed E-state index contributed by atoms with van der Waals surface area (Å²) >= 11 is 17.5. The summed E-state index contributed by atoms with van der Waals surface area (Å²) in [5.74, 6) is 1.82. The van der Waals surface area contributed by atoms with E-state index in [4.69, 9.17) is 54.9 Å². The number of anilines is 2. The number of halogens is 9. The summed E-state index contributed by atoms with van der Waals surface area (Å²) in [7, 11) is 0. The van der Waals surface area contributed by atoms with Crippen LogP contribution in [-0.4, -0.2) is 46.3 Å². The third kappa shape index (κ3) is 14.1. The largest absolute Gasteiger partial charge is 0.489 e. The Morgan fingerprint density at radius 3 is 1.66 bits per heavy atom. The van der Waals surface area contributed by atoms with E-state index in [-0.39, 0.29) is 68.0 Å². The Bertz CT molecular complexity index is 2080. The quantitative estimate of drug-likeness (QED) is 0.0582. The van der Waals surface area contributed by atoms with Gasteiger partial charge in [0.2, 0.25) is 0 Å². The highest BCUT2D eigenvalue weighted by molar-refractivity contribution is 6.33. The molecular weight excluding hydrogens is 817 g/mol. The number of hydrogen-bond donors (Lipinski definition) is 3. The van der Waals surface area contributed by atoms with Gasteiger partial charge >= 0.3 is 6.18 Å². The summed E-state index contributed by atoms with van der Waals surface area (Å²) in [6.45, 7) is 14.3. The van der Waals surface area contributed by atoms with Gasteiger partial charge in [0.25, 0.3) is 11.3 Å². The van der Waals surface area contributed by atoms with Crippen molar-refractivity contribution in [2.24, 2.45) is 10.9 Å². The van der Waals surface area contributed by atoms with Crippen molar-refractivity contribution in [1.29, 1.82) is 0 Å². The van der Waals surface area contributed by atoms with Crippen molar-refractivity contribution in [3.8, 4) is 22.9 Å². The molecule has 3 aromatic carbocycles. The number of hydrazine groups is 1. The number of nitrogen functional groups attached to an aromatic ring is 1. The highest BCUT2D eigenvalue weighted by Crippen LogP contribution is 2.33. The second-order valence-corrected chi connectivity index (χ2v) is 13.5. The molecule has 0 radical (unpaired) electrons. The molecule has 0 aliphatic carbocycles. The fraction of sp³-hybridized carbons (Fsp3) is 0.333. The number of nitrogens with one attached hydrogen (secondary N) is 2. The number of rotatable bonds is 11. The molecule has 11 nitrogen and oxygen atoms in total. The number of aryl methyl sites for hydroxylation is 1. The number of carbonyl (C=O) groups is 1. The maximum Gasteiger partial charge on any atom is 0.455 e. The molecule has 0 fully saturated rings. The molecule has 56 heavy (non-hydrogen) atoms. The van der Waals surface area contributed by atoms with Gasteiger partial charge in [-0.05, 0) is 79.2 Å². The van der Waals surface area contributed by atoms with Crippen LogP contribution in [0, 0.1) is 31.3 Å². The predicted molar refractivity (Wildman–Crippen MR) is 205 cm³/mol. The average Bonchev–Trinajstić information content (AvgIpc) is 3.08. The van der Waals surface area contributed by atoms with Crippen LogP contribution >= 0.6 is 34.8 Å². The Balaban J connectivity index is 0.000000297. The fourth-order valence-electron chi connectivity index (χ4n) is 3.99. The lowest BCUT2D eigenvalue weighted by Gasteiger charge is -2.14. The van der Waals surface area contributed by atoms with Crippen LogP contribution in [0.1, 0.15) is 52.7 Å². The SMILES string of the molecule is CC(C)Oc1cc(N/N=C\C(=O)C(F)(F)F)c(F)cc1Cl.CC(C)Oc1cc(NN)c(F)cc1Cl.Cc1cnn(-c2cc(OC(C)C)c(Cl)cc2F)c(=O)c1C. The normalized spacial score (nSPS) is 11.2. The van der Waals surface area contributed by atoms with Gasteiger partial charge in [0.1, 0.15) is 34.6 Å². The third-order valence-electron chi connectivity index (χ3n) is 6.63. The first-order valence-electron chi connectivity index (χ1n) is 16.4. The van der Waals surface area contributed by atoms with Crippen LogP contribution in [0.25, 0.3) is 5.69 Å². The highest BCUT2D eigenvalue weighted by Gasteiger charge is 2.37. The van der Waals surface area contributed by atoms with Crippen molar-refractivity contribution >= 4 is 58.2 Å². The second-order valence-electron chi connectivity index (χ2n) is 12.3. The van der Waals surface area contributed by atoms with Crippen molar-refractivity contribution < 1.29 is 45.3 Å². The number of nitrogens with two attached hydrogens (primary N) is 1. The van der Waals surface area contributed by atoms with E-state index >= 15 is 0 Å². The van der Waals surface area contributed by atoms with Crippen LogP contribution in [0.2, 0.25) is 15.1 Å². The standard InChI is InChI=1S/C15H16ClFN2O2.C12H11ClF4N2O2.C9H12ClFN2O/c1-8(2)21-14-6-13(12(17)5-11(14)16)19-15(20)10(4)9(3)7-18-19;1-6(2)21-10-4-9(8(14)3-7(10)13)19-18-5-11(20)12(15,16)17;1-5(2)14-9-4-8(13-12)7(11)3-6(9)10/h5-8H,1-4H3;3-6,19H,1-2H3;3-5,13H,12H2,1-2H3/b;18-5-;. The molecule has 0 bridgehead atoms. The second kappa shape index (κ2) is 21.0. The van der Waals surface area contributed by atoms with Crippen molar-refractivity contribution in [1.82, 2.24) is 9.78 Å². The zero-order chi connectivity index (χ0) is 42.7. The third-order valence-corrected chi connectivity index (χ3v) is 7.52. The fourth-order valence-corrected chi connectivity index (χ4v) is 4.58. The first-order chi connectivity index (χ1) is 26.0. The summed E-state index contributed by atoms with van der Waals surface area (Å²) in [4.78, 5) is 22.8. The zero-order valence-corrected chi connectivity index (χ0v) is 33.5. The minimum atomic E-state index is -5.03. The molecule has 0 saturated carbocycles. The highest BCUT2D eigenvalue weighted by atomic mass is 35.5. The van der Waals surface area contributed by atoms with E-state index in [1.165, 1.54) is 18.3 Å². The lowest BCUT2D eigenvalue weighted by atomic mass is 10.2.